The van der Waals surface area contributed by atoms with Crippen LogP contribution in [-0.4, -0.2) is 98.3 Å². The zero-order valence-electron chi connectivity index (χ0n) is 30.6. The summed E-state index contributed by atoms with van der Waals surface area (Å²) in [5, 5.41) is 12.0. The predicted octanol–water partition coefficient (Wildman–Crippen LogP) is 2.33. The summed E-state index contributed by atoms with van der Waals surface area (Å²) >= 11 is 0. The number of amides is 1. The van der Waals surface area contributed by atoms with E-state index in [1.807, 2.05) is 11.9 Å². The standard InChI is InChI=1S/C31H50NO8.C5H11N.Li/c1-8-26(37-7)23(5)29-31(6,40-29)18-20(2)11-9-12-21(3)28-22(4)14-15-24(39-28)17-27(34)32-25(30(35)36)13-10-16-38-19-33;1-4-6(3)5-2;/h9,11-12,20,22-26,28-29H,8,10,13-18H2,1-7H3,(H,32,34)(H,35,36);1-2,4-5H2,3H3;/q-1;-2;+1/b11-9+,21-12+;;/t20-,22+,23-,24-,25+,26+,28-,29-,31-;;/m1../s1. The number of allylic oxidation sites excluding steroid dienone is 3. The van der Waals surface area contributed by atoms with Crippen molar-refractivity contribution in [2.45, 2.75) is 123 Å². The number of nitrogens with zero attached hydrogens (tertiary/aromatic N) is 1. The predicted molar refractivity (Wildman–Crippen MR) is 181 cm³/mol. The van der Waals surface area contributed by atoms with Gasteiger partial charge in [0.15, 0.2) is 0 Å². The maximum Gasteiger partial charge on any atom is 1.00 e. The molecule has 0 aromatic rings. The molecule has 0 radical (unpaired) electrons. The van der Waals surface area contributed by atoms with Gasteiger partial charge in [-0.05, 0) is 76.8 Å². The summed E-state index contributed by atoms with van der Waals surface area (Å²) in [5.74, 6) is -0.457. The number of methoxy groups -OCH3 is 1. The van der Waals surface area contributed by atoms with Gasteiger partial charge < -0.3 is 52.9 Å². The molecule has 266 valence electrons. The molecule has 2 saturated heterocycles. The molecule has 9 atom stereocenters. The summed E-state index contributed by atoms with van der Waals surface area (Å²) in [7, 11) is 3.75. The first-order chi connectivity index (χ1) is 21.8. The van der Waals surface area contributed by atoms with Gasteiger partial charge in [-0.15, -0.1) is 13.1 Å². The van der Waals surface area contributed by atoms with E-state index in [1.165, 1.54) is 6.47 Å². The summed E-state index contributed by atoms with van der Waals surface area (Å²) in [6.07, 6.45) is 10.6. The van der Waals surface area contributed by atoms with Crippen molar-refractivity contribution in [1.29, 1.82) is 0 Å². The molecule has 0 unspecified atom stereocenters. The number of hydrogen-bond donors (Lipinski definition) is 2. The van der Waals surface area contributed by atoms with Gasteiger partial charge in [-0.2, -0.15) is 0 Å². The number of rotatable bonds is 20. The quantitative estimate of drug-likeness (QED) is 0.0668. The third-order valence-electron chi connectivity index (χ3n) is 9.09. The van der Waals surface area contributed by atoms with Crippen molar-refractivity contribution in [3.63, 3.8) is 0 Å². The third-order valence-corrected chi connectivity index (χ3v) is 9.09. The summed E-state index contributed by atoms with van der Waals surface area (Å²) in [6, 6.07) is -1.04. The zero-order valence-corrected chi connectivity index (χ0v) is 30.6. The summed E-state index contributed by atoms with van der Waals surface area (Å²) in [5.41, 5.74) is 0.979. The zero-order chi connectivity index (χ0) is 34.9. The van der Waals surface area contributed by atoms with Gasteiger partial charge in [-0.25, -0.2) is 4.79 Å². The first-order valence-electron chi connectivity index (χ1n) is 16.8. The second-order valence-corrected chi connectivity index (χ2v) is 13.1. The fourth-order valence-corrected chi connectivity index (χ4v) is 6.18. The molecule has 2 N–H and O–H groups in total. The number of carboxylic acids is 1. The summed E-state index contributed by atoms with van der Waals surface area (Å²) in [6.45, 7) is 23.3. The third kappa shape index (κ3) is 16.5. The molecule has 2 fully saturated rings. The van der Waals surface area contributed by atoms with Gasteiger partial charge in [0.1, 0.15) is 6.04 Å². The molecule has 0 saturated carbocycles. The smallest absolute Gasteiger partial charge is 0.653 e. The van der Waals surface area contributed by atoms with Crippen LogP contribution in [0.2, 0.25) is 0 Å². The van der Waals surface area contributed by atoms with Gasteiger partial charge in [-0.3, -0.25) is 4.79 Å². The van der Waals surface area contributed by atoms with Gasteiger partial charge in [0.2, 0.25) is 5.91 Å². The van der Waals surface area contributed by atoms with Crippen LogP contribution in [0.1, 0.15) is 86.5 Å². The van der Waals surface area contributed by atoms with Gasteiger partial charge in [0.25, 0.3) is 0 Å². The van der Waals surface area contributed by atoms with Crippen molar-refractivity contribution in [3.05, 3.63) is 37.6 Å². The average Bonchev–Trinajstić information content (AvgIpc) is 3.69. The number of epoxide rings is 1. The van der Waals surface area contributed by atoms with Crippen molar-refractivity contribution in [2.24, 2.45) is 17.8 Å². The molecule has 10 nitrogen and oxygen atoms in total. The maximum absolute atomic E-state index is 12.6. The van der Waals surface area contributed by atoms with E-state index in [4.69, 9.17) is 14.2 Å². The van der Waals surface area contributed by atoms with Crippen LogP contribution >= 0.6 is 0 Å². The number of hydrogen-bond acceptors (Lipinski definition) is 8. The maximum atomic E-state index is 12.6. The Kier molecular flexibility index (Phi) is 22.8. The fraction of sp³-hybridized carbons (Fsp3) is 0.750. The molecule has 11 heteroatoms. The first-order valence-corrected chi connectivity index (χ1v) is 16.8. The Hall–Kier alpha value is -1.67. The number of carbonyl (C=O) groups excluding carboxylic acids is 2. The minimum atomic E-state index is -1.12. The Morgan fingerprint density at radius 2 is 1.89 bits per heavy atom. The largest absolute Gasteiger partial charge is 1.00 e. The van der Waals surface area contributed by atoms with E-state index in [2.05, 4.69) is 83.7 Å². The molecule has 2 heterocycles. The van der Waals surface area contributed by atoms with Crippen LogP contribution in [0.3, 0.4) is 0 Å². The molecule has 2 aliphatic rings. The van der Waals surface area contributed by atoms with Crippen LogP contribution < -0.4 is 24.2 Å². The molecule has 0 bridgehead atoms. The Morgan fingerprint density at radius 1 is 1.23 bits per heavy atom. The van der Waals surface area contributed by atoms with Gasteiger partial charge in [0, 0.05) is 19.6 Å². The monoisotopic (exact) mass is 656 g/mol. The summed E-state index contributed by atoms with van der Waals surface area (Å²) < 4.78 is 22.5. The Labute approximate surface area is 296 Å². The van der Waals surface area contributed by atoms with E-state index in [9.17, 15) is 19.5 Å². The molecule has 2 rings (SSSR count). The Morgan fingerprint density at radius 3 is 2.43 bits per heavy atom. The van der Waals surface area contributed by atoms with Crippen molar-refractivity contribution < 1.29 is 57.3 Å². The van der Waals surface area contributed by atoms with E-state index in [1.54, 1.807) is 7.11 Å². The molecule has 0 aromatic carbocycles. The van der Waals surface area contributed by atoms with E-state index < -0.39 is 12.0 Å². The molecule has 0 spiro atoms. The molecule has 0 aromatic heterocycles. The van der Waals surface area contributed by atoms with Gasteiger partial charge in [-0.1, -0.05) is 52.4 Å². The van der Waals surface area contributed by atoms with E-state index in [-0.39, 0.29) is 74.2 Å². The molecular weight excluding hydrogens is 595 g/mol. The average molecular weight is 657 g/mol. The Bertz CT molecular complexity index is 971. The molecule has 0 aliphatic carbocycles. The van der Waals surface area contributed by atoms with Crippen molar-refractivity contribution >= 4 is 18.3 Å². The van der Waals surface area contributed by atoms with Crippen LogP contribution in [0.15, 0.2) is 23.8 Å². The SMILES string of the molecule is CC[C@H](OC)[C@@H](C)[C@H]1O[C@]1(C)C[C@H](C)/C=C/C=C(\C)[C@H]1O[C@@H](CC(=O)N[C@@H](CCCO[C-]=O)C(=O)O)CC[C@@H]1C.[CH2-]CN(C)C[CH2-].[Li+]. The van der Waals surface area contributed by atoms with Crippen LogP contribution in [0.5, 0.6) is 0 Å². The fourth-order valence-electron chi connectivity index (χ4n) is 6.18. The Balaban J connectivity index is 0.00000275. The van der Waals surface area contributed by atoms with Gasteiger partial charge in [0.05, 0.1) is 36.4 Å². The molecule has 47 heavy (non-hydrogen) atoms. The summed E-state index contributed by atoms with van der Waals surface area (Å²) in [4.78, 5) is 36.2. The number of ether oxygens (including phenoxy) is 4. The topological polar surface area (TPSA) is 127 Å². The van der Waals surface area contributed by atoms with Crippen molar-refractivity contribution in [2.75, 3.05) is 33.9 Å². The van der Waals surface area contributed by atoms with Crippen LogP contribution in [-0.2, 0) is 33.3 Å². The van der Waals surface area contributed by atoms with Crippen molar-refractivity contribution in [3.8, 4) is 0 Å². The van der Waals surface area contributed by atoms with Crippen LogP contribution in [0.4, 0.5) is 0 Å². The van der Waals surface area contributed by atoms with E-state index >= 15 is 0 Å². The molecule has 2 aliphatic heterocycles. The second kappa shape index (κ2) is 23.6. The minimum Gasteiger partial charge on any atom is -0.653 e. The van der Waals surface area contributed by atoms with Crippen LogP contribution in [0, 0.1) is 31.6 Å². The second-order valence-electron chi connectivity index (χ2n) is 13.1. The first kappa shape index (κ1) is 45.3. The number of nitrogens with one attached hydrogen (secondary N) is 1. The van der Waals surface area contributed by atoms with E-state index in [0.717, 1.165) is 44.3 Å². The normalized spacial score (nSPS) is 26.7. The number of carboxylic acid groups (broad SMARTS) is 1. The van der Waals surface area contributed by atoms with E-state index in [0.29, 0.717) is 24.2 Å². The number of aliphatic carboxylic acids is 1. The molecule has 1 amide bonds. The minimum absolute atomic E-state index is 0. The van der Waals surface area contributed by atoms with Crippen molar-refractivity contribution in [1.82, 2.24) is 10.2 Å². The number of carbonyl (C=O) groups is 2. The molecular formula is C36H61LiN2O8-2. The van der Waals surface area contributed by atoms with Gasteiger partial charge >= 0.3 is 24.8 Å². The van der Waals surface area contributed by atoms with Crippen LogP contribution in [0.25, 0.3) is 0 Å².